The third-order valence-corrected chi connectivity index (χ3v) is 6.66. The van der Waals surface area contributed by atoms with Crippen LogP contribution in [-0.2, 0) is 17.9 Å². The van der Waals surface area contributed by atoms with E-state index >= 15 is 0 Å². The molecule has 0 spiro atoms. The molecule has 3 aromatic rings. The number of unbranched alkanes of at least 4 members (excludes halogenated alkanes) is 1. The van der Waals surface area contributed by atoms with Crippen LogP contribution in [0.3, 0.4) is 0 Å². The van der Waals surface area contributed by atoms with Crippen molar-refractivity contribution in [2.75, 3.05) is 5.75 Å². The Labute approximate surface area is 182 Å². The number of fused-ring (bicyclic) bond motifs is 1. The molecule has 3 heterocycles. The summed E-state index contributed by atoms with van der Waals surface area (Å²) in [7, 11) is 0. The van der Waals surface area contributed by atoms with E-state index in [1.807, 2.05) is 13.8 Å². The molecule has 3 rings (SSSR count). The van der Waals surface area contributed by atoms with Crippen LogP contribution < -0.4 is 16.2 Å². The fraction of sp³-hybridized carbons (Fsp3) is 0.400. The Balaban J connectivity index is 1.68. The molecule has 0 unspecified atom stereocenters. The van der Waals surface area contributed by atoms with Gasteiger partial charge in [-0.2, -0.15) is 0 Å². The molecular weight excluding hydrogens is 424 g/mol. The van der Waals surface area contributed by atoms with Crippen LogP contribution in [0.1, 0.15) is 36.0 Å². The number of thiophene rings is 1. The van der Waals surface area contributed by atoms with Gasteiger partial charge in [0.2, 0.25) is 5.91 Å². The van der Waals surface area contributed by atoms with Crippen LogP contribution in [0.2, 0.25) is 0 Å². The molecule has 0 saturated carbocycles. The molecule has 10 heteroatoms. The maximum absolute atomic E-state index is 13.1. The lowest BCUT2D eigenvalue weighted by molar-refractivity contribution is -0.117. The third kappa shape index (κ3) is 5.11. The molecule has 3 amide bonds. The summed E-state index contributed by atoms with van der Waals surface area (Å²) in [4.78, 5) is 43.5. The van der Waals surface area contributed by atoms with Gasteiger partial charge in [-0.15, -0.1) is 11.3 Å². The first-order chi connectivity index (χ1) is 14.4. The molecule has 8 nitrogen and oxygen atoms in total. The average molecular weight is 449 g/mol. The van der Waals surface area contributed by atoms with Crippen LogP contribution in [0.4, 0.5) is 4.79 Å². The zero-order valence-electron chi connectivity index (χ0n) is 17.1. The first-order valence-corrected chi connectivity index (χ1v) is 11.4. The Morgan fingerprint density at radius 2 is 2.13 bits per heavy atom. The van der Waals surface area contributed by atoms with Gasteiger partial charge >= 0.3 is 6.03 Å². The van der Waals surface area contributed by atoms with E-state index in [2.05, 4.69) is 22.5 Å². The predicted molar refractivity (Wildman–Crippen MR) is 118 cm³/mol. The number of amides is 3. The fourth-order valence-electron chi connectivity index (χ4n) is 2.85. The molecule has 0 fully saturated rings. The first kappa shape index (κ1) is 22.1. The number of rotatable bonds is 8. The van der Waals surface area contributed by atoms with Gasteiger partial charge < -0.3 is 9.73 Å². The number of carbonyl (C=O) groups is 2. The Kier molecular flexibility index (Phi) is 7.33. The molecule has 0 bridgehead atoms. The van der Waals surface area contributed by atoms with Crippen molar-refractivity contribution >= 4 is 45.3 Å². The number of imide groups is 1. The monoisotopic (exact) mass is 448 g/mol. The Bertz CT molecular complexity index is 1100. The van der Waals surface area contributed by atoms with Crippen molar-refractivity contribution in [3.05, 3.63) is 45.0 Å². The first-order valence-electron chi connectivity index (χ1n) is 9.64. The molecule has 0 saturated heterocycles. The van der Waals surface area contributed by atoms with Gasteiger partial charge in [0.05, 0.1) is 23.9 Å². The van der Waals surface area contributed by atoms with E-state index in [0.717, 1.165) is 35.0 Å². The van der Waals surface area contributed by atoms with Crippen molar-refractivity contribution in [2.24, 2.45) is 0 Å². The van der Waals surface area contributed by atoms with Gasteiger partial charge in [0, 0.05) is 11.4 Å². The minimum absolute atomic E-state index is 0.0262. The number of furan rings is 1. The van der Waals surface area contributed by atoms with Gasteiger partial charge in [0.25, 0.3) is 5.56 Å². The van der Waals surface area contributed by atoms with Gasteiger partial charge in [-0.05, 0) is 38.0 Å². The number of aryl methyl sites for hydroxylation is 2. The van der Waals surface area contributed by atoms with Crippen molar-refractivity contribution in [1.82, 2.24) is 20.2 Å². The lowest BCUT2D eigenvalue weighted by Gasteiger charge is -2.12. The quantitative estimate of drug-likeness (QED) is 0.403. The summed E-state index contributed by atoms with van der Waals surface area (Å²) in [6, 6.07) is 2.84. The smallest absolute Gasteiger partial charge is 0.321 e. The topological polar surface area (TPSA) is 106 Å². The van der Waals surface area contributed by atoms with Gasteiger partial charge in [0.15, 0.2) is 5.16 Å². The number of aromatic nitrogens is 2. The van der Waals surface area contributed by atoms with E-state index < -0.39 is 11.9 Å². The van der Waals surface area contributed by atoms with E-state index in [1.165, 1.54) is 17.6 Å². The minimum atomic E-state index is -0.603. The Morgan fingerprint density at radius 1 is 1.33 bits per heavy atom. The zero-order chi connectivity index (χ0) is 21.7. The lowest BCUT2D eigenvalue weighted by Crippen LogP contribution is -2.40. The van der Waals surface area contributed by atoms with Crippen molar-refractivity contribution in [3.63, 3.8) is 0 Å². The number of urea groups is 1. The van der Waals surface area contributed by atoms with Crippen LogP contribution in [0.5, 0.6) is 0 Å². The van der Waals surface area contributed by atoms with Gasteiger partial charge in [-0.3, -0.25) is 19.5 Å². The molecular formula is C20H24N4O4S2. The molecule has 0 aliphatic rings. The van der Waals surface area contributed by atoms with Gasteiger partial charge in [0.1, 0.15) is 10.6 Å². The molecule has 0 aliphatic heterocycles. The molecule has 0 radical (unpaired) electrons. The number of carbonyl (C=O) groups excluding carboxylic acids is 2. The maximum Gasteiger partial charge on any atom is 0.321 e. The normalized spacial score (nSPS) is 11.0. The fourth-order valence-corrected chi connectivity index (χ4v) is 4.75. The summed E-state index contributed by atoms with van der Waals surface area (Å²) < 4.78 is 6.76. The molecule has 0 atom stereocenters. The molecule has 0 aromatic carbocycles. The van der Waals surface area contributed by atoms with Gasteiger partial charge in [-0.1, -0.05) is 25.1 Å². The second-order valence-electron chi connectivity index (χ2n) is 6.77. The second kappa shape index (κ2) is 9.94. The number of hydrogen-bond acceptors (Lipinski definition) is 7. The number of thioether (sulfide) groups is 1. The van der Waals surface area contributed by atoms with Gasteiger partial charge in [-0.25, -0.2) is 9.78 Å². The molecule has 2 N–H and O–H groups in total. The van der Waals surface area contributed by atoms with Crippen molar-refractivity contribution in [3.8, 4) is 0 Å². The van der Waals surface area contributed by atoms with E-state index in [0.29, 0.717) is 27.7 Å². The summed E-state index contributed by atoms with van der Waals surface area (Å²) in [5.41, 5.74) is 0.884. The summed E-state index contributed by atoms with van der Waals surface area (Å²) in [5.74, 6) is 0.0968. The highest BCUT2D eigenvalue weighted by molar-refractivity contribution is 7.99. The second-order valence-corrected chi connectivity index (χ2v) is 8.91. The van der Waals surface area contributed by atoms with Crippen LogP contribution >= 0.6 is 23.1 Å². The van der Waals surface area contributed by atoms with E-state index in [1.54, 1.807) is 16.7 Å². The molecule has 160 valence electrons. The maximum atomic E-state index is 13.1. The summed E-state index contributed by atoms with van der Waals surface area (Å²) in [5, 5.41) is 5.98. The SMILES string of the molecule is CCCCn1c(SCC(=O)NC(=O)NCc2ccco2)nc2sc(C)c(C)c2c1=O. The predicted octanol–water partition coefficient (Wildman–Crippen LogP) is 3.59. The summed E-state index contributed by atoms with van der Waals surface area (Å²) in [6.45, 7) is 6.69. The Hall–Kier alpha value is -2.59. The summed E-state index contributed by atoms with van der Waals surface area (Å²) >= 11 is 2.63. The largest absolute Gasteiger partial charge is 0.467 e. The average Bonchev–Trinajstić information content (AvgIpc) is 3.32. The zero-order valence-corrected chi connectivity index (χ0v) is 18.7. The summed E-state index contributed by atoms with van der Waals surface area (Å²) in [6.07, 6.45) is 3.28. The highest BCUT2D eigenvalue weighted by atomic mass is 32.2. The highest BCUT2D eigenvalue weighted by Gasteiger charge is 2.18. The minimum Gasteiger partial charge on any atom is -0.467 e. The number of nitrogens with one attached hydrogen (secondary N) is 2. The lowest BCUT2D eigenvalue weighted by atomic mass is 10.2. The molecule has 3 aromatic heterocycles. The molecule has 0 aliphatic carbocycles. The van der Waals surface area contributed by atoms with E-state index in [-0.39, 0.29) is 17.9 Å². The third-order valence-electron chi connectivity index (χ3n) is 4.58. The highest BCUT2D eigenvalue weighted by Crippen LogP contribution is 2.28. The van der Waals surface area contributed by atoms with E-state index in [4.69, 9.17) is 4.42 Å². The van der Waals surface area contributed by atoms with Crippen molar-refractivity contribution < 1.29 is 14.0 Å². The number of hydrogen-bond donors (Lipinski definition) is 2. The van der Waals surface area contributed by atoms with Crippen LogP contribution in [0.25, 0.3) is 10.2 Å². The number of nitrogens with zero attached hydrogens (tertiary/aromatic N) is 2. The molecule has 30 heavy (non-hydrogen) atoms. The van der Waals surface area contributed by atoms with E-state index in [9.17, 15) is 14.4 Å². The Morgan fingerprint density at radius 3 is 2.83 bits per heavy atom. The van der Waals surface area contributed by atoms with Crippen molar-refractivity contribution in [1.29, 1.82) is 0 Å². The van der Waals surface area contributed by atoms with Crippen molar-refractivity contribution in [2.45, 2.75) is 51.9 Å². The van der Waals surface area contributed by atoms with Crippen LogP contribution in [0, 0.1) is 13.8 Å². The standard InChI is InChI=1S/C20H24N4O4S2/c1-4-5-8-24-18(26)16-12(2)13(3)30-17(16)23-20(24)29-11-15(25)22-19(27)21-10-14-7-6-9-28-14/h6-7,9H,4-5,8,10-11H2,1-3H3,(H2,21,22,25,27). The van der Waals surface area contributed by atoms with Crippen LogP contribution in [-0.4, -0.2) is 27.2 Å². The van der Waals surface area contributed by atoms with Crippen LogP contribution in [0.15, 0.2) is 32.8 Å².